The van der Waals surface area contributed by atoms with Gasteiger partial charge in [-0.25, -0.2) is 0 Å². The molecule has 0 fully saturated rings. The van der Waals surface area contributed by atoms with Crippen LogP contribution in [0.5, 0.6) is 5.75 Å². The van der Waals surface area contributed by atoms with Crippen molar-refractivity contribution in [2.45, 2.75) is 65.0 Å². The Hall–Kier alpha value is -1.06. The van der Waals surface area contributed by atoms with E-state index < -0.39 is 0 Å². The molecule has 0 radical (unpaired) electrons. The Bertz CT molecular complexity index is 419. The maximum atomic E-state index is 9.63. The van der Waals surface area contributed by atoms with E-state index in [4.69, 9.17) is 4.74 Å². The van der Waals surface area contributed by atoms with Crippen molar-refractivity contribution in [3.05, 3.63) is 29.8 Å². The summed E-state index contributed by atoms with van der Waals surface area (Å²) in [5.74, 6) is 1.40. The Balaban J connectivity index is 2.63. The first-order chi connectivity index (χ1) is 9.90. The van der Waals surface area contributed by atoms with E-state index in [1.165, 1.54) is 5.56 Å². The summed E-state index contributed by atoms with van der Waals surface area (Å²) in [6.45, 7) is 11.6. The molecule has 0 aliphatic rings. The molecule has 2 unspecified atom stereocenters. The molecule has 0 aromatic heterocycles. The zero-order valence-corrected chi connectivity index (χ0v) is 14.1. The van der Waals surface area contributed by atoms with Crippen LogP contribution < -0.4 is 10.1 Å². The molecular weight excluding hydrogens is 262 g/mol. The third kappa shape index (κ3) is 6.06. The van der Waals surface area contributed by atoms with E-state index in [0.29, 0.717) is 5.92 Å². The van der Waals surface area contributed by atoms with Crippen LogP contribution in [-0.2, 0) is 0 Å². The predicted octanol–water partition coefficient (Wildman–Crippen LogP) is 3.72. The smallest absolute Gasteiger partial charge is 0.119 e. The van der Waals surface area contributed by atoms with Crippen LogP contribution in [0.25, 0.3) is 0 Å². The lowest BCUT2D eigenvalue weighted by Gasteiger charge is -2.31. The Morgan fingerprint density at radius 3 is 2.57 bits per heavy atom. The minimum Gasteiger partial charge on any atom is -0.491 e. The molecule has 3 nitrogen and oxygen atoms in total. The summed E-state index contributed by atoms with van der Waals surface area (Å²) in [5.41, 5.74) is 0.999. The van der Waals surface area contributed by atoms with Gasteiger partial charge < -0.3 is 15.2 Å². The Morgan fingerprint density at radius 2 is 2.00 bits per heavy atom. The summed E-state index contributed by atoms with van der Waals surface area (Å²) in [6.07, 6.45) is 1.88. The lowest BCUT2D eigenvalue weighted by Crippen LogP contribution is -2.48. The number of aliphatic hydroxyl groups is 1. The lowest BCUT2D eigenvalue weighted by molar-refractivity contribution is 0.110. The highest BCUT2D eigenvalue weighted by atomic mass is 16.5. The van der Waals surface area contributed by atoms with Crippen LogP contribution in [0, 0.1) is 0 Å². The average Bonchev–Trinajstić information content (AvgIpc) is 2.45. The molecule has 0 aliphatic carbocycles. The number of benzene rings is 1. The van der Waals surface area contributed by atoms with Crippen LogP contribution in [0.1, 0.15) is 58.9 Å². The lowest BCUT2D eigenvalue weighted by atomic mass is 9.95. The van der Waals surface area contributed by atoms with Crippen LogP contribution in [0.4, 0.5) is 0 Å². The zero-order valence-electron chi connectivity index (χ0n) is 14.1. The first kappa shape index (κ1) is 18.0. The van der Waals surface area contributed by atoms with Crippen molar-refractivity contribution in [3.63, 3.8) is 0 Å². The number of ether oxygens (including phenoxy) is 1. The van der Waals surface area contributed by atoms with Crippen LogP contribution in [-0.4, -0.2) is 29.9 Å². The first-order valence-corrected chi connectivity index (χ1v) is 8.02. The van der Waals surface area contributed by atoms with Gasteiger partial charge in [0.25, 0.3) is 0 Å². The number of rotatable bonds is 9. The minimum atomic E-state index is -0.287. The van der Waals surface area contributed by atoms with Gasteiger partial charge in [-0.05, 0) is 50.4 Å². The van der Waals surface area contributed by atoms with Gasteiger partial charge in [-0.2, -0.15) is 0 Å². The van der Waals surface area contributed by atoms with E-state index in [1.807, 2.05) is 19.1 Å². The average molecular weight is 293 g/mol. The molecule has 1 rings (SSSR count). The fourth-order valence-corrected chi connectivity index (χ4v) is 2.47. The standard InChI is InChI=1S/C18H31NO2/c1-6-10-19-18(5,13-20)12-15(4)21-17-9-7-8-16(11-17)14(2)3/h7-9,11,14-15,19-20H,6,10,12-13H2,1-5H3. The highest BCUT2D eigenvalue weighted by Gasteiger charge is 2.25. The Kier molecular flexibility index (Phi) is 7.20. The second-order valence-corrected chi connectivity index (χ2v) is 6.51. The van der Waals surface area contributed by atoms with Gasteiger partial charge in [0.15, 0.2) is 0 Å². The summed E-state index contributed by atoms with van der Waals surface area (Å²) in [7, 11) is 0. The molecule has 0 bridgehead atoms. The van der Waals surface area contributed by atoms with Gasteiger partial charge in [0.1, 0.15) is 5.75 Å². The fourth-order valence-electron chi connectivity index (χ4n) is 2.47. The molecule has 120 valence electrons. The Morgan fingerprint density at radius 1 is 1.29 bits per heavy atom. The SMILES string of the molecule is CCCNC(C)(CO)CC(C)Oc1cccc(C(C)C)c1. The summed E-state index contributed by atoms with van der Waals surface area (Å²) in [6, 6.07) is 8.27. The molecule has 2 N–H and O–H groups in total. The summed E-state index contributed by atoms with van der Waals surface area (Å²) >= 11 is 0. The van der Waals surface area contributed by atoms with Gasteiger partial charge in [-0.1, -0.05) is 32.9 Å². The van der Waals surface area contributed by atoms with Crippen LogP contribution in [0.2, 0.25) is 0 Å². The maximum Gasteiger partial charge on any atom is 0.119 e. The summed E-state index contributed by atoms with van der Waals surface area (Å²) in [4.78, 5) is 0. The van der Waals surface area contributed by atoms with E-state index >= 15 is 0 Å². The van der Waals surface area contributed by atoms with E-state index in [-0.39, 0.29) is 18.2 Å². The van der Waals surface area contributed by atoms with Crippen molar-refractivity contribution in [2.75, 3.05) is 13.2 Å². The van der Waals surface area contributed by atoms with Gasteiger partial charge >= 0.3 is 0 Å². The molecule has 1 aromatic rings. The number of aliphatic hydroxyl groups excluding tert-OH is 1. The van der Waals surface area contributed by atoms with Crippen molar-refractivity contribution in [3.8, 4) is 5.75 Å². The normalized spacial score (nSPS) is 15.8. The third-order valence-electron chi connectivity index (χ3n) is 3.75. The van der Waals surface area contributed by atoms with Crippen LogP contribution >= 0.6 is 0 Å². The summed E-state index contributed by atoms with van der Waals surface area (Å²) in [5, 5.41) is 13.0. The van der Waals surface area contributed by atoms with Crippen LogP contribution in [0.3, 0.4) is 0 Å². The highest BCUT2D eigenvalue weighted by molar-refractivity contribution is 5.30. The van der Waals surface area contributed by atoms with Crippen molar-refractivity contribution in [2.24, 2.45) is 0 Å². The second kappa shape index (κ2) is 8.40. The zero-order chi connectivity index (χ0) is 15.9. The van der Waals surface area contributed by atoms with Gasteiger partial charge in [-0.15, -0.1) is 0 Å². The Labute approximate surface area is 129 Å². The maximum absolute atomic E-state index is 9.63. The molecule has 21 heavy (non-hydrogen) atoms. The molecule has 0 amide bonds. The second-order valence-electron chi connectivity index (χ2n) is 6.51. The molecule has 0 spiro atoms. The highest BCUT2D eigenvalue weighted by Crippen LogP contribution is 2.23. The third-order valence-corrected chi connectivity index (χ3v) is 3.75. The van der Waals surface area contributed by atoms with E-state index in [0.717, 1.165) is 25.1 Å². The summed E-state index contributed by atoms with van der Waals surface area (Å²) < 4.78 is 6.03. The van der Waals surface area contributed by atoms with E-state index in [9.17, 15) is 5.11 Å². The molecule has 0 aliphatic heterocycles. The van der Waals surface area contributed by atoms with Crippen molar-refractivity contribution in [1.29, 1.82) is 0 Å². The van der Waals surface area contributed by atoms with Crippen LogP contribution in [0.15, 0.2) is 24.3 Å². The predicted molar refractivity (Wildman–Crippen MR) is 89.0 cm³/mol. The van der Waals surface area contributed by atoms with E-state index in [1.54, 1.807) is 0 Å². The number of hydrogen-bond acceptors (Lipinski definition) is 3. The molecule has 1 aromatic carbocycles. The minimum absolute atomic E-state index is 0.0499. The van der Waals surface area contributed by atoms with Crippen molar-refractivity contribution in [1.82, 2.24) is 5.32 Å². The molecule has 0 heterocycles. The van der Waals surface area contributed by atoms with Gasteiger partial charge in [0.2, 0.25) is 0 Å². The molecule has 0 saturated heterocycles. The van der Waals surface area contributed by atoms with Crippen molar-refractivity contribution < 1.29 is 9.84 Å². The molecule has 2 atom stereocenters. The number of nitrogens with one attached hydrogen (secondary N) is 1. The fraction of sp³-hybridized carbons (Fsp3) is 0.667. The van der Waals surface area contributed by atoms with Crippen molar-refractivity contribution >= 4 is 0 Å². The monoisotopic (exact) mass is 293 g/mol. The van der Waals surface area contributed by atoms with Gasteiger partial charge in [0, 0.05) is 12.0 Å². The molecule has 0 saturated carbocycles. The topological polar surface area (TPSA) is 41.5 Å². The molecular formula is C18H31NO2. The number of hydrogen-bond donors (Lipinski definition) is 2. The molecule has 3 heteroatoms. The van der Waals surface area contributed by atoms with Gasteiger partial charge in [-0.3, -0.25) is 0 Å². The quantitative estimate of drug-likeness (QED) is 0.729. The first-order valence-electron chi connectivity index (χ1n) is 8.02. The van der Waals surface area contributed by atoms with Gasteiger partial charge in [0.05, 0.1) is 12.7 Å². The van der Waals surface area contributed by atoms with E-state index in [2.05, 4.69) is 45.1 Å². The largest absolute Gasteiger partial charge is 0.491 e.